The normalized spacial score (nSPS) is 25.3. The summed E-state index contributed by atoms with van der Waals surface area (Å²) in [6.07, 6.45) is 14.3. The minimum atomic E-state index is -0.427. The maximum atomic E-state index is 12.2. The highest BCUT2D eigenvalue weighted by Gasteiger charge is 2.42. The average molecular weight is 576 g/mol. The summed E-state index contributed by atoms with van der Waals surface area (Å²) in [6.45, 7) is 17.4. The molecule has 0 aromatic carbocycles. The zero-order chi connectivity index (χ0) is 29.9. The molecular formula is C33H57N3O5. The van der Waals surface area contributed by atoms with Crippen LogP contribution in [0.2, 0.25) is 0 Å². The standard InChI is InChI=1S/C18H32N2O2.C15H25NO3/c1-17(2,3)22-16(21)20-13-9-18(10-14-20)7-5-15(6-8-18)19-11-4-12-19;1-14(2,3)19-13(18)16-10-8-15(9-11-16)6-4-12(17)5-7-15/h15H,4-14H2,1-3H3;4-11H2,1-3H3. The quantitative estimate of drug-likeness (QED) is 0.342. The molecule has 2 saturated carbocycles. The summed E-state index contributed by atoms with van der Waals surface area (Å²) in [4.78, 5) is 41.9. The fourth-order valence-electron chi connectivity index (χ4n) is 7.33. The molecule has 5 rings (SSSR count). The fraction of sp³-hybridized carbons (Fsp3) is 0.909. The zero-order valence-corrected chi connectivity index (χ0v) is 26.9. The molecule has 41 heavy (non-hydrogen) atoms. The van der Waals surface area contributed by atoms with Crippen LogP contribution in [-0.2, 0) is 14.3 Å². The topological polar surface area (TPSA) is 79.4 Å². The van der Waals surface area contributed by atoms with Gasteiger partial charge in [0.05, 0.1) is 0 Å². The molecule has 0 N–H and O–H groups in total. The lowest BCUT2D eigenvalue weighted by molar-refractivity contribution is -0.123. The Morgan fingerprint density at radius 1 is 0.634 bits per heavy atom. The van der Waals surface area contributed by atoms with Crippen LogP contribution in [0.4, 0.5) is 9.59 Å². The minimum absolute atomic E-state index is 0.128. The molecule has 0 aromatic rings. The number of carbonyl (C=O) groups excluding carboxylic acids is 3. The number of hydrogen-bond donors (Lipinski definition) is 0. The van der Waals surface area contributed by atoms with Gasteiger partial charge < -0.3 is 24.2 Å². The maximum Gasteiger partial charge on any atom is 0.410 e. The van der Waals surface area contributed by atoms with Gasteiger partial charge in [-0.15, -0.1) is 0 Å². The molecule has 0 unspecified atom stereocenters. The van der Waals surface area contributed by atoms with E-state index in [0.717, 1.165) is 70.7 Å². The number of ketones is 1. The van der Waals surface area contributed by atoms with Crippen LogP contribution in [0.5, 0.6) is 0 Å². The van der Waals surface area contributed by atoms with Crippen LogP contribution in [-0.4, -0.2) is 89.2 Å². The number of hydrogen-bond acceptors (Lipinski definition) is 6. The third-order valence-electron chi connectivity index (χ3n) is 10.2. The molecule has 0 atom stereocenters. The van der Waals surface area contributed by atoms with E-state index < -0.39 is 5.60 Å². The van der Waals surface area contributed by atoms with E-state index in [9.17, 15) is 14.4 Å². The van der Waals surface area contributed by atoms with Gasteiger partial charge in [0.15, 0.2) is 0 Å². The molecule has 8 heteroatoms. The summed E-state index contributed by atoms with van der Waals surface area (Å²) >= 11 is 0. The number of rotatable bonds is 1. The molecule has 3 aliphatic heterocycles. The second kappa shape index (κ2) is 12.8. The molecule has 0 bridgehead atoms. The van der Waals surface area contributed by atoms with Crippen molar-refractivity contribution in [3.8, 4) is 0 Å². The Balaban J connectivity index is 0.000000191. The summed E-state index contributed by atoms with van der Waals surface area (Å²) in [7, 11) is 0. The van der Waals surface area contributed by atoms with Crippen molar-refractivity contribution in [1.29, 1.82) is 0 Å². The smallest absolute Gasteiger partial charge is 0.410 e. The van der Waals surface area contributed by atoms with Gasteiger partial charge in [0.1, 0.15) is 17.0 Å². The first-order valence-corrected chi connectivity index (χ1v) is 16.4. The second-order valence-electron chi connectivity index (χ2n) is 15.6. The lowest BCUT2D eigenvalue weighted by atomic mass is 9.66. The summed E-state index contributed by atoms with van der Waals surface area (Å²) in [6, 6.07) is 0.850. The van der Waals surface area contributed by atoms with Gasteiger partial charge in [-0.3, -0.25) is 4.79 Å². The van der Waals surface area contributed by atoms with E-state index >= 15 is 0 Å². The Kier molecular flexibility index (Phi) is 10.0. The summed E-state index contributed by atoms with van der Waals surface area (Å²) < 4.78 is 10.9. The third kappa shape index (κ3) is 9.08. The van der Waals surface area contributed by atoms with Crippen LogP contribution in [0.25, 0.3) is 0 Å². The lowest BCUT2D eigenvalue weighted by Crippen LogP contribution is -2.50. The molecular weight excluding hydrogens is 518 g/mol. The number of piperidine rings is 2. The van der Waals surface area contributed by atoms with Gasteiger partial charge in [-0.1, -0.05) is 0 Å². The molecule has 2 aliphatic carbocycles. The highest BCUT2D eigenvalue weighted by molar-refractivity contribution is 5.79. The summed E-state index contributed by atoms with van der Waals surface area (Å²) in [5.41, 5.74) is 0.0112. The predicted octanol–water partition coefficient (Wildman–Crippen LogP) is 6.80. The van der Waals surface area contributed by atoms with Crippen molar-refractivity contribution < 1.29 is 23.9 Å². The Hall–Kier alpha value is -1.83. The molecule has 2 amide bonds. The largest absolute Gasteiger partial charge is 0.444 e. The highest BCUT2D eigenvalue weighted by atomic mass is 16.6. The number of amides is 2. The van der Waals surface area contributed by atoms with E-state index in [1.165, 1.54) is 58.0 Å². The summed E-state index contributed by atoms with van der Waals surface area (Å²) in [5.74, 6) is 0.403. The Morgan fingerprint density at radius 3 is 1.37 bits per heavy atom. The summed E-state index contributed by atoms with van der Waals surface area (Å²) in [5, 5.41) is 0. The van der Waals surface area contributed by atoms with Crippen LogP contribution in [0.1, 0.15) is 125 Å². The molecule has 2 spiro atoms. The van der Waals surface area contributed by atoms with Gasteiger partial charge in [-0.25, -0.2) is 9.59 Å². The first kappa shape index (κ1) is 32.1. The molecule has 8 nitrogen and oxygen atoms in total. The van der Waals surface area contributed by atoms with Crippen LogP contribution >= 0.6 is 0 Å². The van der Waals surface area contributed by atoms with Crippen molar-refractivity contribution >= 4 is 18.0 Å². The van der Waals surface area contributed by atoms with Gasteiger partial charge in [0.25, 0.3) is 0 Å². The number of likely N-dealkylation sites (tertiary alicyclic amines) is 3. The maximum absolute atomic E-state index is 12.2. The first-order valence-electron chi connectivity index (χ1n) is 16.4. The number of ether oxygens (including phenoxy) is 2. The van der Waals surface area contributed by atoms with Gasteiger partial charge in [0, 0.05) is 45.1 Å². The van der Waals surface area contributed by atoms with Gasteiger partial charge in [0.2, 0.25) is 0 Å². The zero-order valence-electron chi connectivity index (χ0n) is 26.9. The van der Waals surface area contributed by atoms with Crippen LogP contribution in [0, 0.1) is 10.8 Å². The van der Waals surface area contributed by atoms with E-state index in [2.05, 4.69) is 4.90 Å². The van der Waals surface area contributed by atoms with Crippen LogP contribution < -0.4 is 0 Å². The van der Waals surface area contributed by atoms with Crippen molar-refractivity contribution in [2.24, 2.45) is 10.8 Å². The highest BCUT2D eigenvalue weighted by Crippen LogP contribution is 2.46. The first-order chi connectivity index (χ1) is 19.2. The lowest BCUT2D eigenvalue weighted by Gasteiger charge is -2.49. The van der Waals surface area contributed by atoms with Crippen molar-refractivity contribution in [2.75, 3.05) is 39.3 Å². The van der Waals surface area contributed by atoms with Crippen LogP contribution in [0.15, 0.2) is 0 Å². The average Bonchev–Trinajstić information content (AvgIpc) is 2.86. The monoisotopic (exact) mass is 575 g/mol. The number of Topliss-reactive ketones (excluding diaryl/α,β-unsaturated/α-hetero) is 1. The van der Waals surface area contributed by atoms with Crippen LogP contribution in [0.3, 0.4) is 0 Å². The fourth-order valence-corrected chi connectivity index (χ4v) is 7.33. The number of nitrogens with zero attached hydrogens (tertiary/aromatic N) is 3. The SMILES string of the molecule is CC(C)(C)OC(=O)N1CCC2(CCC(=O)CC2)CC1.CC(C)(C)OC(=O)N1CCC2(CCC(N3CCC3)CC2)CC1. The van der Waals surface area contributed by atoms with E-state index in [0.29, 0.717) is 16.6 Å². The molecule has 0 aromatic heterocycles. The van der Waals surface area contributed by atoms with Crippen molar-refractivity contribution in [3.05, 3.63) is 0 Å². The van der Waals surface area contributed by atoms with E-state index in [1.807, 2.05) is 51.3 Å². The van der Waals surface area contributed by atoms with Crippen molar-refractivity contribution in [1.82, 2.24) is 14.7 Å². The molecule has 3 saturated heterocycles. The van der Waals surface area contributed by atoms with Gasteiger partial charge >= 0.3 is 12.2 Å². The molecule has 5 fully saturated rings. The van der Waals surface area contributed by atoms with Crippen molar-refractivity contribution in [3.63, 3.8) is 0 Å². The van der Waals surface area contributed by atoms with Gasteiger partial charge in [-0.2, -0.15) is 0 Å². The second-order valence-corrected chi connectivity index (χ2v) is 15.6. The Morgan fingerprint density at radius 2 is 1.02 bits per heavy atom. The van der Waals surface area contributed by atoms with Gasteiger partial charge in [-0.05, 0) is 136 Å². The third-order valence-corrected chi connectivity index (χ3v) is 10.2. The van der Waals surface area contributed by atoms with E-state index in [4.69, 9.17) is 9.47 Å². The van der Waals surface area contributed by atoms with Crippen molar-refractivity contribution in [2.45, 2.75) is 142 Å². The number of carbonyl (C=O) groups is 3. The van der Waals surface area contributed by atoms with E-state index in [-0.39, 0.29) is 17.8 Å². The molecule has 5 aliphatic rings. The molecule has 3 heterocycles. The Labute approximate surface area is 248 Å². The molecule has 234 valence electrons. The minimum Gasteiger partial charge on any atom is -0.444 e. The van der Waals surface area contributed by atoms with E-state index in [1.54, 1.807) is 0 Å². The predicted molar refractivity (Wildman–Crippen MR) is 161 cm³/mol. The Bertz CT molecular complexity index is 894. The molecule has 0 radical (unpaired) electrons.